The van der Waals surface area contributed by atoms with Crippen LogP contribution in [0.2, 0.25) is 5.02 Å². The Balaban J connectivity index is 2.08. The van der Waals surface area contributed by atoms with Gasteiger partial charge in [-0.25, -0.2) is 0 Å². The van der Waals surface area contributed by atoms with E-state index < -0.39 is 5.60 Å². The predicted octanol–water partition coefficient (Wildman–Crippen LogP) is 1.71. The van der Waals surface area contributed by atoms with Crippen LogP contribution in [0.1, 0.15) is 23.0 Å². The van der Waals surface area contributed by atoms with Crippen molar-refractivity contribution in [2.24, 2.45) is 7.05 Å². The monoisotopic (exact) mass is 293 g/mol. The fourth-order valence-electron chi connectivity index (χ4n) is 1.93. The summed E-state index contributed by atoms with van der Waals surface area (Å²) in [6.45, 7) is 1.67. The summed E-state index contributed by atoms with van der Waals surface area (Å²) in [6, 6.07) is 8.63. The second kappa shape index (κ2) is 5.64. The number of aliphatic hydroxyl groups is 1. The molecule has 1 unspecified atom stereocenters. The minimum absolute atomic E-state index is 0.0563. The Morgan fingerprint density at radius 1 is 1.45 bits per heavy atom. The van der Waals surface area contributed by atoms with Crippen molar-refractivity contribution >= 4 is 17.5 Å². The normalized spacial score (nSPS) is 13.8. The van der Waals surface area contributed by atoms with Crippen LogP contribution in [0.4, 0.5) is 0 Å². The molecule has 1 heterocycles. The van der Waals surface area contributed by atoms with Gasteiger partial charge in [-0.2, -0.15) is 5.10 Å². The van der Waals surface area contributed by atoms with E-state index in [1.807, 2.05) is 0 Å². The van der Waals surface area contributed by atoms with E-state index in [0.29, 0.717) is 16.3 Å². The summed E-state index contributed by atoms with van der Waals surface area (Å²) in [6.07, 6.45) is 1.54. The highest BCUT2D eigenvalue weighted by Gasteiger charge is 2.26. The van der Waals surface area contributed by atoms with Crippen molar-refractivity contribution in [3.8, 4) is 0 Å². The van der Waals surface area contributed by atoms with Gasteiger partial charge in [0.25, 0.3) is 5.91 Å². The van der Waals surface area contributed by atoms with Crippen LogP contribution >= 0.6 is 11.6 Å². The third-order valence-electron chi connectivity index (χ3n) is 3.10. The van der Waals surface area contributed by atoms with Crippen molar-refractivity contribution in [3.05, 3.63) is 52.8 Å². The van der Waals surface area contributed by atoms with Crippen LogP contribution in [0.3, 0.4) is 0 Å². The zero-order valence-corrected chi connectivity index (χ0v) is 12.1. The molecule has 2 aromatic rings. The molecule has 2 rings (SSSR count). The van der Waals surface area contributed by atoms with Crippen LogP contribution in [-0.2, 0) is 12.6 Å². The lowest BCUT2D eigenvalue weighted by molar-refractivity contribution is 0.0524. The van der Waals surface area contributed by atoms with Crippen LogP contribution in [0.25, 0.3) is 0 Å². The van der Waals surface area contributed by atoms with E-state index in [1.165, 1.54) is 4.68 Å². The Labute approximate surface area is 122 Å². The topological polar surface area (TPSA) is 67.2 Å². The first kappa shape index (κ1) is 14.6. The Kier molecular flexibility index (Phi) is 4.11. The second-order valence-corrected chi connectivity index (χ2v) is 5.18. The maximum absolute atomic E-state index is 12.0. The molecule has 0 saturated carbocycles. The van der Waals surface area contributed by atoms with Crippen LogP contribution < -0.4 is 5.32 Å². The van der Waals surface area contributed by atoms with Crippen LogP contribution in [0.5, 0.6) is 0 Å². The van der Waals surface area contributed by atoms with Gasteiger partial charge in [0.2, 0.25) is 0 Å². The number of nitrogens with one attached hydrogen (secondary N) is 1. The molecule has 1 atom stereocenters. The molecule has 0 bridgehead atoms. The fourth-order valence-corrected chi connectivity index (χ4v) is 2.27. The van der Waals surface area contributed by atoms with E-state index in [1.54, 1.807) is 50.5 Å². The van der Waals surface area contributed by atoms with Gasteiger partial charge >= 0.3 is 0 Å². The number of aromatic nitrogens is 2. The fraction of sp³-hybridized carbons (Fsp3) is 0.286. The standard InChI is InChI=1S/C14H16ClN3O2/c1-14(20,10-5-3-4-6-11(10)15)9-16-13(19)12-7-8-17-18(12)2/h3-8,20H,9H2,1-2H3,(H,16,19). The van der Waals surface area contributed by atoms with Crippen molar-refractivity contribution < 1.29 is 9.90 Å². The third-order valence-corrected chi connectivity index (χ3v) is 3.43. The zero-order valence-electron chi connectivity index (χ0n) is 11.3. The molecule has 0 aliphatic carbocycles. The SMILES string of the molecule is Cn1nccc1C(=O)NCC(C)(O)c1ccccc1Cl. The molecule has 2 N–H and O–H groups in total. The molecular weight excluding hydrogens is 278 g/mol. The number of aryl methyl sites for hydroxylation is 1. The van der Waals surface area contributed by atoms with Gasteiger partial charge in [-0.15, -0.1) is 0 Å². The maximum Gasteiger partial charge on any atom is 0.269 e. The number of benzene rings is 1. The smallest absolute Gasteiger partial charge is 0.269 e. The molecule has 5 nitrogen and oxygen atoms in total. The molecule has 1 aromatic carbocycles. The van der Waals surface area contributed by atoms with Gasteiger partial charge in [0.05, 0.1) is 6.54 Å². The number of nitrogens with zero attached hydrogens (tertiary/aromatic N) is 2. The molecule has 1 amide bonds. The minimum Gasteiger partial charge on any atom is -0.384 e. The Morgan fingerprint density at radius 3 is 2.75 bits per heavy atom. The summed E-state index contributed by atoms with van der Waals surface area (Å²) in [5.41, 5.74) is -0.237. The number of hydrogen-bond acceptors (Lipinski definition) is 3. The van der Waals surface area contributed by atoms with Crippen molar-refractivity contribution in [1.82, 2.24) is 15.1 Å². The van der Waals surface area contributed by atoms with Crippen molar-refractivity contribution in [2.75, 3.05) is 6.54 Å². The van der Waals surface area contributed by atoms with Crippen LogP contribution in [0.15, 0.2) is 36.5 Å². The lowest BCUT2D eigenvalue weighted by atomic mass is 9.96. The number of rotatable bonds is 4. The van der Waals surface area contributed by atoms with Gasteiger partial charge in [-0.1, -0.05) is 29.8 Å². The molecule has 0 fully saturated rings. The lowest BCUT2D eigenvalue weighted by Crippen LogP contribution is -2.39. The van der Waals surface area contributed by atoms with Gasteiger partial charge in [0, 0.05) is 23.8 Å². The zero-order chi connectivity index (χ0) is 14.8. The highest BCUT2D eigenvalue weighted by atomic mass is 35.5. The summed E-state index contributed by atoms with van der Waals surface area (Å²) >= 11 is 6.06. The summed E-state index contributed by atoms with van der Waals surface area (Å²) in [7, 11) is 1.68. The van der Waals surface area contributed by atoms with E-state index in [2.05, 4.69) is 10.4 Å². The number of amides is 1. The lowest BCUT2D eigenvalue weighted by Gasteiger charge is -2.25. The third kappa shape index (κ3) is 3.00. The molecule has 0 radical (unpaired) electrons. The molecule has 106 valence electrons. The predicted molar refractivity (Wildman–Crippen MR) is 76.6 cm³/mol. The van der Waals surface area contributed by atoms with Crippen LogP contribution in [0, 0.1) is 0 Å². The number of carbonyl (C=O) groups is 1. The van der Waals surface area contributed by atoms with E-state index >= 15 is 0 Å². The van der Waals surface area contributed by atoms with E-state index in [0.717, 1.165) is 0 Å². The quantitative estimate of drug-likeness (QED) is 0.902. The summed E-state index contributed by atoms with van der Waals surface area (Å²) in [4.78, 5) is 12.0. The number of hydrogen-bond donors (Lipinski definition) is 2. The van der Waals surface area contributed by atoms with Gasteiger partial charge in [0.15, 0.2) is 0 Å². The van der Waals surface area contributed by atoms with Crippen LogP contribution in [-0.4, -0.2) is 27.3 Å². The summed E-state index contributed by atoms with van der Waals surface area (Å²) in [5, 5.41) is 17.5. The maximum atomic E-state index is 12.0. The van der Waals surface area contributed by atoms with Gasteiger partial charge in [-0.05, 0) is 19.1 Å². The highest BCUT2D eigenvalue weighted by molar-refractivity contribution is 6.31. The minimum atomic E-state index is -1.24. The number of carbonyl (C=O) groups excluding carboxylic acids is 1. The molecule has 0 saturated heterocycles. The summed E-state index contributed by atoms with van der Waals surface area (Å²) < 4.78 is 1.47. The van der Waals surface area contributed by atoms with E-state index in [9.17, 15) is 9.90 Å². The largest absolute Gasteiger partial charge is 0.384 e. The molecule has 6 heteroatoms. The average molecular weight is 294 g/mol. The molecule has 0 aliphatic rings. The molecule has 20 heavy (non-hydrogen) atoms. The second-order valence-electron chi connectivity index (χ2n) is 4.78. The van der Waals surface area contributed by atoms with Gasteiger partial charge in [0.1, 0.15) is 11.3 Å². The highest BCUT2D eigenvalue weighted by Crippen LogP contribution is 2.27. The van der Waals surface area contributed by atoms with Gasteiger partial charge in [-0.3, -0.25) is 9.48 Å². The first-order valence-corrected chi connectivity index (χ1v) is 6.53. The van der Waals surface area contributed by atoms with Gasteiger partial charge < -0.3 is 10.4 Å². The molecule has 0 spiro atoms. The Hall–Kier alpha value is -1.85. The van der Waals surface area contributed by atoms with Crippen molar-refractivity contribution in [3.63, 3.8) is 0 Å². The Morgan fingerprint density at radius 2 is 2.15 bits per heavy atom. The first-order chi connectivity index (χ1) is 9.42. The first-order valence-electron chi connectivity index (χ1n) is 6.15. The molecular formula is C14H16ClN3O2. The van der Waals surface area contributed by atoms with E-state index in [4.69, 9.17) is 11.6 Å². The summed E-state index contributed by atoms with van der Waals surface area (Å²) in [5.74, 6) is -0.294. The number of halogens is 1. The molecule has 1 aromatic heterocycles. The average Bonchev–Trinajstić information content (AvgIpc) is 2.83. The van der Waals surface area contributed by atoms with E-state index in [-0.39, 0.29) is 12.5 Å². The Bertz CT molecular complexity index is 622. The van der Waals surface area contributed by atoms with Crippen molar-refractivity contribution in [2.45, 2.75) is 12.5 Å². The molecule has 0 aliphatic heterocycles. The van der Waals surface area contributed by atoms with Crippen molar-refractivity contribution in [1.29, 1.82) is 0 Å².